The van der Waals surface area contributed by atoms with Crippen LogP contribution in [-0.4, -0.2) is 5.60 Å². The molecule has 1 nitrogen and oxygen atoms in total. The summed E-state index contributed by atoms with van der Waals surface area (Å²) in [7, 11) is 0. The van der Waals surface area contributed by atoms with Gasteiger partial charge in [0.2, 0.25) is 0 Å². The van der Waals surface area contributed by atoms with E-state index in [1.165, 1.54) is 5.56 Å². The van der Waals surface area contributed by atoms with Crippen molar-refractivity contribution in [2.24, 2.45) is 0 Å². The van der Waals surface area contributed by atoms with Gasteiger partial charge in [-0.15, -0.1) is 0 Å². The predicted molar refractivity (Wildman–Crippen MR) is 54.3 cm³/mol. The molecule has 1 aromatic carbocycles. The fourth-order valence-electron chi connectivity index (χ4n) is 1.12. The number of hydrogen-bond acceptors (Lipinski definition) is 2. The SMILES string of the molecule is CC(C)(Cc1ccccc1)OS. The van der Waals surface area contributed by atoms with Crippen LogP contribution < -0.4 is 0 Å². The summed E-state index contributed by atoms with van der Waals surface area (Å²) in [5, 5.41) is 0. The molecule has 0 saturated heterocycles. The van der Waals surface area contributed by atoms with E-state index < -0.39 is 0 Å². The van der Waals surface area contributed by atoms with Gasteiger partial charge in [0.25, 0.3) is 0 Å². The minimum atomic E-state index is -0.190. The molecule has 0 bridgehead atoms. The molecule has 0 heterocycles. The summed E-state index contributed by atoms with van der Waals surface area (Å²) < 4.78 is 5.04. The summed E-state index contributed by atoms with van der Waals surface area (Å²) in [6, 6.07) is 10.3. The molecular weight excluding hydrogens is 168 g/mol. The van der Waals surface area contributed by atoms with E-state index >= 15 is 0 Å². The highest BCUT2D eigenvalue weighted by Gasteiger charge is 2.17. The van der Waals surface area contributed by atoms with Crippen molar-refractivity contribution in [3.8, 4) is 0 Å². The summed E-state index contributed by atoms with van der Waals surface area (Å²) >= 11 is 3.83. The third kappa shape index (κ3) is 2.88. The second-order valence-corrected chi connectivity index (χ2v) is 3.70. The maximum Gasteiger partial charge on any atom is 0.0810 e. The highest BCUT2D eigenvalue weighted by molar-refractivity contribution is 7.75. The van der Waals surface area contributed by atoms with Crippen molar-refractivity contribution in [3.05, 3.63) is 35.9 Å². The Morgan fingerprint density at radius 2 is 1.83 bits per heavy atom. The molecule has 1 aromatic rings. The Bertz CT molecular complexity index is 231. The second kappa shape index (κ2) is 3.97. The summed E-state index contributed by atoms with van der Waals surface area (Å²) in [4.78, 5) is 0. The molecule has 0 fully saturated rings. The monoisotopic (exact) mass is 182 g/mol. The molecule has 0 aliphatic rings. The maximum absolute atomic E-state index is 5.04. The van der Waals surface area contributed by atoms with Gasteiger partial charge in [-0.1, -0.05) is 30.3 Å². The van der Waals surface area contributed by atoms with Gasteiger partial charge in [0, 0.05) is 6.42 Å². The van der Waals surface area contributed by atoms with E-state index in [0.717, 1.165) is 6.42 Å². The smallest absolute Gasteiger partial charge is 0.0810 e. The van der Waals surface area contributed by atoms with Gasteiger partial charge in [0.15, 0.2) is 0 Å². The van der Waals surface area contributed by atoms with Crippen LogP contribution in [0.25, 0.3) is 0 Å². The zero-order valence-corrected chi connectivity index (χ0v) is 8.34. The number of thiol groups is 1. The lowest BCUT2D eigenvalue weighted by Crippen LogP contribution is -2.23. The normalized spacial score (nSPS) is 11.6. The van der Waals surface area contributed by atoms with Crippen molar-refractivity contribution in [1.82, 2.24) is 0 Å². The van der Waals surface area contributed by atoms with Crippen molar-refractivity contribution < 1.29 is 4.18 Å². The Morgan fingerprint density at radius 1 is 1.25 bits per heavy atom. The Morgan fingerprint density at radius 3 is 2.33 bits per heavy atom. The minimum Gasteiger partial charge on any atom is -0.312 e. The average Bonchev–Trinajstić information content (AvgIpc) is 2.06. The van der Waals surface area contributed by atoms with E-state index in [9.17, 15) is 0 Å². The average molecular weight is 182 g/mol. The molecule has 12 heavy (non-hydrogen) atoms. The molecule has 0 atom stereocenters. The van der Waals surface area contributed by atoms with Crippen LogP contribution in [0.4, 0.5) is 0 Å². The Kier molecular flexibility index (Phi) is 3.18. The number of benzene rings is 1. The lowest BCUT2D eigenvalue weighted by molar-refractivity contribution is 0.145. The summed E-state index contributed by atoms with van der Waals surface area (Å²) in [6.07, 6.45) is 0.886. The number of rotatable bonds is 3. The van der Waals surface area contributed by atoms with Crippen molar-refractivity contribution in [2.45, 2.75) is 25.9 Å². The van der Waals surface area contributed by atoms with Gasteiger partial charge in [0.05, 0.1) is 5.60 Å². The second-order valence-electron chi connectivity index (χ2n) is 3.51. The van der Waals surface area contributed by atoms with E-state index in [2.05, 4.69) is 25.0 Å². The first-order valence-electron chi connectivity index (χ1n) is 4.00. The van der Waals surface area contributed by atoms with Crippen molar-refractivity contribution in [3.63, 3.8) is 0 Å². The molecule has 0 aliphatic carbocycles. The van der Waals surface area contributed by atoms with Gasteiger partial charge in [-0.25, -0.2) is 0 Å². The van der Waals surface area contributed by atoms with Gasteiger partial charge in [-0.3, -0.25) is 0 Å². The Balaban J connectivity index is 2.64. The quantitative estimate of drug-likeness (QED) is 0.558. The summed E-state index contributed by atoms with van der Waals surface area (Å²) in [5.41, 5.74) is 1.08. The van der Waals surface area contributed by atoms with Crippen LogP contribution >= 0.6 is 12.9 Å². The zero-order chi connectivity index (χ0) is 9.03. The molecule has 1 rings (SSSR count). The molecule has 0 saturated carbocycles. The molecule has 0 radical (unpaired) electrons. The van der Waals surface area contributed by atoms with Crippen molar-refractivity contribution in [1.29, 1.82) is 0 Å². The fourth-order valence-corrected chi connectivity index (χ4v) is 1.18. The molecule has 0 N–H and O–H groups in total. The van der Waals surface area contributed by atoms with E-state index in [0.29, 0.717) is 0 Å². The van der Waals surface area contributed by atoms with Gasteiger partial charge >= 0.3 is 0 Å². The van der Waals surface area contributed by atoms with Crippen LogP contribution in [0.2, 0.25) is 0 Å². The van der Waals surface area contributed by atoms with Crippen LogP contribution in [0.15, 0.2) is 30.3 Å². The third-order valence-electron chi connectivity index (χ3n) is 1.72. The molecule has 2 heteroatoms. The van der Waals surface area contributed by atoms with E-state index in [4.69, 9.17) is 4.18 Å². The molecule has 0 amide bonds. The fraction of sp³-hybridized carbons (Fsp3) is 0.400. The van der Waals surface area contributed by atoms with E-state index in [-0.39, 0.29) is 5.60 Å². The molecule has 66 valence electrons. The van der Waals surface area contributed by atoms with Gasteiger partial charge in [-0.05, 0) is 32.3 Å². The summed E-state index contributed by atoms with van der Waals surface area (Å²) in [6.45, 7) is 4.04. The van der Waals surface area contributed by atoms with E-state index in [1.807, 2.05) is 32.0 Å². The highest BCUT2D eigenvalue weighted by Crippen LogP contribution is 2.17. The number of hydrogen-bond donors (Lipinski definition) is 1. The van der Waals surface area contributed by atoms with Crippen LogP contribution in [0, 0.1) is 0 Å². The minimum absolute atomic E-state index is 0.190. The highest BCUT2D eigenvalue weighted by atomic mass is 32.1. The molecule has 0 aromatic heterocycles. The topological polar surface area (TPSA) is 9.23 Å². The molecular formula is C10H14OS. The third-order valence-corrected chi connectivity index (χ3v) is 2.21. The van der Waals surface area contributed by atoms with E-state index in [1.54, 1.807) is 0 Å². The largest absolute Gasteiger partial charge is 0.312 e. The molecule has 0 spiro atoms. The first-order valence-corrected chi connectivity index (χ1v) is 4.37. The first-order chi connectivity index (χ1) is 5.64. The predicted octanol–water partition coefficient (Wildman–Crippen LogP) is 2.87. The van der Waals surface area contributed by atoms with Crippen LogP contribution in [0.5, 0.6) is 0 Å². The lowest BCUT2D eigenvalue weighted by Gasteiger charge is -2.21. The van der Waals surface area contributed by atoms with Gasteiger partial charge in [-0.2, -0.15) is 0 Å². The van der Waals surface area contributed by atoms with Gasteiger partial charge < -0.3 is 4.18 Å². The Hall–Kier alpha value is -0.470. The van der Waals surface area contributed by atoms with Crippen LogP contribution in [-0.2, 0) is 10.6 Å². The van der Waals surface area contributed by atoms with Crippen molar-refractivity contribution >= 4 is 12.9 Å². The molecule has 0 unspecified atom stereocenters. The first kappa shape index (κ1) is 9.62. The summed E-state index contributed by atoms with van der Waals surface area (Å²) in [5.74, 6) is 0. The Labute approximate surface area is 79.4 Å². The van der Waals surface area contributed by atoms with Crippen molar-refractivity contribution in [2.75, 3.05) is 0 Å². The van der Waals surface area contributed by atoms with Gasteiger partial charge in [0.1, 0.15) is 0 Å². The molecule has 0 aliphatic heterocycles. The lowest BCUT2D eigenvalue weighted by atomic mass is 9.99. The standard InChI is InChI=1S/C10H14OS/c1-10(2,11-12)8-9-6-4-3-5-7-9/h3-7,12H,8H2,1-2H3. The zero-order valence-electron chi connectivity index (χ0n) is 7.45. The van der Waals surface area contributed by atoms with Crippen LogP contribution in [0.3, 0.4) is 0 Å². The van der Waals surface area contributed by atoms with Crippen LogP contribution in [0.1, 0.15) is 19.4 Å². The maximum atomic E-state index is 5.04.